The molecule has 0 unspecified atom stereocenters. The number of nitrogens with one attached hydrogen (secondary N) is 1. The van der Waals surface area contributed by atoms with Gasteiger partial charge < -0.3 is 5.32 Å². The second-order valence-electron chi connectivity index (χ2n) is 2.89. The molecule has 0 rings (SSSR count). The molecule has 86 valence electrons. The lowest BCUT2D eigenvalue weighted by molar-refractivity contribution is 0.702. The maximum Gasteiger partial charge on any atom is 0.0587 e. The summed E-state index contributed by atoms with van der Waals surface area (Å²) in [6.45, 7) is 12.3. The molecule has 14 heavy (non-hydrogen) atoms. The van der Waals surface area contributed by atoms with Crippen LogP contribution in [0.4, 0.5) is 0 Å². The maximum atomic E-state index is 7.32. The summed E-state index contributed by atoms with van der Waals surface area (Å²) in [6, 6.07) is 1.75. The molecule has 0 aliphatic heterocycles. The van der Waals surface area contributed by atoms with Crippen LogP contribution in [0.1, 0.15) is 60.3 Å². The highest BCUT2D eigenvalue weighted by Crippen LogP contribution is 1.95. The van der Waals surface area contributed by atoms with Gasteiger partial charge in [-0.1, -0.05) is 53.4 Å². The van der Waals surface area contributed by atoms with Crippen molar-refractivity contribution in [2.45, 2.75) is 60.3 Å². The van der Waals surface area contributed by atoms with E-state index >= 15 is 0 Å². The Kier molecular flexibility index (Phi) is 40.1. The summed E-state index contributed by atoms with van der Waals surface area (Å²) in [5, 5.41) is 10.4. The average Bonchev–Trinajstić information content (AvgIpc) is 2.18. The number of nitrogens with zero attached hydrogens (tertiary/aromatic N) is 1. The number of nitriles is 1. The molecule has 0 saturated heterocycles. The van der Waals surface area contributed by atoms with Crippen molar-refractivity contribution in [2.75, 3.05) is 13.1 Å². The third kappa shape index (κ3) is 63.1. The van der Waals surface area contributed by atoms with Crippen molar-refractivity contribution >= 4 is 0 Å². The minimum atomic E-state index is 1.09. The van der Waals surface area contributed by atoms with Crippen LogP contribution in [-0.4, -0.2) is 13.1 Å². The second-order valence-corrected chi connectivity index (χ2v) is 2.89. The number of hydrogen-bond donors (Lipinski definition) is 1. The Hall–Kier alpha value is -0.550. The van der Waals surface area contributed by atoms with Crippen molar-refractivity contribution in [3.63, 3.8) is 0 Å². The summed E-state index contributed by atoms with van der Waals surface area (Å²) in [5.41, 5.74) is 0. The average molecular weight is 200 g/mol. The molecule has 2 nitrogen and oxygen atoms in total. The Balaban J connectivity index is -0.000000138. The lowest BCUT2D eigenvalue weighted by atomic mass is 10.2. The van der Waals surface area contributed by atoms with Crippen LogP contribution in [0.5, 0.6) is 0 Å². The molecule has 1 N–H and O–H groups in total. The van der Waals surface area contributed by atoms with Crippen LogP contribution in [-0.2, 0) is 0 Å². The van der Waals surface area contributed by atoms with Crippen LogP contribution in [0, 0.1) is 11.3 Å². The number of rotatable bonds is 5. The Bertz CT molecular complexity index is 89.0. The Morgan fingerprint density at radius 1 is 0.929 bits per heavy atom. The van der Waals surface area contributed by atoms with Crippen LogP contribution in [0.3, 0.4) is 0 Å². The molecule has 0 saturated carbocycles. The fourth-order valence-electron chi connectivity index (χ4n) is 0.750. The van der Waals surface area contributed by atoms with Gasteiger partial charge in [-0.3, -0.25) is 0 Å². The van der Waals surface area contributed by atoms with Crippen LogP contribution in [0.2, 0.25) is 0 Å². The van der Waals surface area contributed by atoms with Crippen molar-refractivity contribution in [3.8, 4) is 6.07 Å². The molecular formula is C12H28N2. The van der Waals surface area contributed by atoms with Gasteiger partial charge in [0.1, 0.15) is 0 Å². The molecule has 0 aromatic heterocycles. The minimum Gasteiger partial charge on any atom is -0.317 e. The molecule has 0 spiro atoms. The summed E-state index contributed by atoms with van der Waals surface area (Å²) >= 11 is 0. The lowest BCUT2D eigenvalue weighted by Gasteiger charge is -1.86. The molecule has 0 bridgehead atoms. The first kappa shape index (κ1) is 19.1. The Morgan fingerprint density at radius 2 is 1.21 bits per heavy atom. The van der Waals surface area contributed by atoms with E-state index < -0.39 is 0 Å². The maximum absolute atomic E-state index is 7.32. The van der Waals surface area contributed by atoms with E-state index in [1.165, 1.54) is 32.6 Å². The summed E-state index contributed by atoms with van der Waals surface area (Å²) in [6.07, 6.45) is 5.54. The molecule has 0 aliphatic rings. The lowest BCUT2D eigenvalue weighted by Crippen LogP contribution is -2.09. The molecule has 0 atom stereocenters. The molecule has 0 aromatic rings. The first-order valence-electron chi connectivity index (χ1n) is 5.76. The van der Waals surface area contributed by atoms with Crippen molar-refractivity contribution < 1.29 is 0 Å². The van der Waals surface area contributed by atoms with Gasteiger partial charge in [-0.05, 0) is 13.1 Å². The summed E-state index contributed by atoms with van der Waals surface area (Å²) in [5.74, 6) is 0. The van der Waals surface area contributed by atoms with Crippen molar-refractivity contribution in [1.29, 1.82) is 5.26 Å². The molecule has 0 heterocycles. The molecule has 0 aromatic carbocycles. The van der Waals surface area contributed by atoms with Gasteiger partial charge in [-0.15, -0.1) is 0 Å². The Labute approximate surface area is 90.7 Å². The summed E-state index contributed by atoms with van der Waals surface area (Å²) in [7, 11) is 0. The number of hydrogen-bond acceptors (Lipinski definition) is 2. The SMILES string of the molecule is CC#N.CCCCCC.CCNCC. The summed E-state index contributed by atoms with van der Waals surface area (Å²) in [4.78, 5) is 0. The van der Waals surface area contributed by atoms with E-state index in [2.05, 4.69) is 33.0 Å². The first-order valence-corrected chi connectivity index (χ1v) is 5.76. The van der Waals surface area contributed by atoms with Crippen LogP contribution < -0.4 is 5.32 Å². The fourth-order valence-corrected chi connectivity index (χ4v) is 0.750. The van der Waals surface area contributed by atoms with Crippen LogP contribution in [0.15, 0.2) is 0 Å². The zero-order valence-electron chi connectivity index (χ0n) is 10.7. The highest BCUT2D eigenvalue weighted by Gasteiger charge is 1.75. The van der Waals surface area contributed by atoms with E-state index in [0.29, 0.717) is 0 Å². The van der Waals surface area contributed by atoms with Crippen LogP contribution in [0.25, 0.3) is 0 Å². The minimum absolute atomic E-state index is 1.09. The normalized spacial score (nSPS) is 7.43. The molecular weight excluding hydrogens is 172 g/mol. The predicted octanol–water partition coefficient (Wildman–Crippen LogP) is 3.73. The molecule has 0 fully saturated rings. The molecule has 2 heteroatoms. The van der Waals surface area contributed by atoms with E-state index in [1.807, 2.05) is 0 Å². The monoisotopic (exact) mass is 200 g/mol. The quantitative estimate of drug-likeness (QED) is 0.686. The van der Waals surface area contributed by atoms with Gasteiger partial charge in [0.25, 0.3) is 0 Å². The predicted molar refractivity (Wildman–Crippen MR) is 65.3 cm³/mol. The standard InChI is InChI=1S/C6H14.C4H11N.C2H3N/c1-3-5-6-4-2;1-3-5-4-2;1-2-3/h3-6H2,1-2H3;5H,3-4H2,1-2H3;1H3. The van der Waals surface area contributed by atoms with E-state index in [1.54, 1.807) is 6.07 Å². The second kappa shape index (κ2) is 29.4. The first-order chi connectivity index (χ1) is 6.74. The topological polar surface area (TPSA) is 35.8 Å². The third-order valence-corrected chi connectivity index (χ3v) is 1.46. The summed E-state index contributed by atoms with van der Waals surface area (Å²) < 4.78 is 0. The Morgan fingerprint density at radius 3 is 1.29 bits per heavy atom. The fraction of sp³-hybridized carbons (Fsp3) is 0.917. The van der Waals surface area contributed by atoms with E-state index in [-0.39, 0.29) is 0 Å². The van der Waals surface area contributed by atoms with Gasteiger partial charge in [-0.2, -0.15) is 5.26 Å². The zero-order chi connectivity index (χ0) is 11.7. The molecule has 0 aliphatic carbocycles. The van der Waals surface area contributed by atoms with Crippen LogP contribution >= 0.6 is 0 Å². The van der Waals surface area contributed by atoms with E-state index in [0.717, 1.165) is 13.1 Å². The van der Waals surface area contributed by atoms with Crippen molar-refractivity contribution in [1.82, 2.24) is 5.32 Å². The van der Waals surface area contributed by atoms with E-state index in [9.17, 15) is 0 Å². The van der Waals surface area contributed by atoms with Crippen molar-refractivity contribution in [2.24, 2.45) is 0 Å². The number of unbranched alkanes of at least 4 members (excludes halogenated alkanes) is 3. The van der Waals surface area contributed by atoms with Gasteiger partial charge in [0.05, 0.1) is 6.07 Å². The smallest absolute Gasteiger partial charge is 0.0587 e. The highest BCUT2D eigenvalue weighted by molar-refractivity contribution is 4.51. The third-order valence-electron chi connectivity index (χ3n) is 1.46. The highest BCUT2D eigenvalue weighted by atomic mass is 14.8. The van der Waals surface area contributed by atoms with Gasteiger partial charge in [-0.25, -0.2) is 0 Å². The van der Waals surface area contributed by atoms with Crippen molar-refractivity contribution in [3.05, 3.63) is 0 Å². The zero-order valence-corrected chi connectivity index (χ0v) is 10.7. The largest absolute Gasteiger partial charge is 0.317 e. The molecule has 0 amide bonds. The molecule has 0 radical (unpaired) electrons. The van der Waals surface area contributed by atoms with E-state index in [4.69, 9.17) is 5.26 Å². The van der Waals surface area contributed by atoms with Gasteiger partial charge in [0, 0.05) is 6.92 Å². The van der Waals surface area contributed by atoms with Gasteiger partial charge in [0.2, 0.25) is 0 Å². The van der Waals surface area contributed by atoms with Gasteiger partial charge >= 0.3 is 0 Å². The van der Waals surface area contributed by atoms with Gasteiger partial charge in [0.15, 0.2) is 0 Å².